The van der Waals surface area contributed by atoms with Gasteiger partial charge in [-0.05, 0) is 60.7 Å². The highest BCUT2D eigenvalue weighted by molar-refractivity contribution is 5.85. The zero-order chi connectivity index (χ0) is 18.1. The first-order valence-corrected chi connectivity index (χ1v) is 8.79. The van der Waals surface area contributed by atoms with Gasteiger partial charge in [-0.15, -0.1) is 24.8 Å². The zero-order valence-corrected chi connectivity index (χ0v) is 17.6. The smallest absolute Gasteiger partial charge is 0.123 e. The molecule has 29 heavy (non-hydrogen) atoms. The van der Waals surface area contributed by atoms with Gasteiger partial charge in [-0.2, -0.15) is 0 Å². The number of halogens is 3. The minimum Gasteiger partial charge on any atom is -0.488 e. The van der Waals surface area contributed by atoms with E-state index in [1.54, 1.807) is 24.5 Å². The summed E-state index contributed by atoms with van der Waals surface area (Å²) in [6, 6.07) is 16.5. The number of hydrogen-bond donors (Lipinski definition) is 1. The lowest BCUT2D eigenvalue weighted by molar-refractivity contribution is 0.0958. The molecule has 0 radical (unpaired) electrons. The Bertz CT molecular complexity index is 936. The first-order chi connectivity index (χ1) is 12.5. The van der Waals surface area contributed by atoms with E-state index < -0.39 is 5.54 Å². The molecule has 4 N–H and O–H groups in total. The number of pyridine rings is 1. The van der Waals surface area contributed by atoms with Crippen molar-refractivity contribution in [3.63, 3.8) is 0 Å². The summed E-state index contributed by atoms with van der Waals surface area (Å²) in [7, 11) is 0. The van der Waals surface area contributed by atoms with Crippen molar-refractivity contribution < 1.29 is 14.6 Å². The zero-order valence-electron chi connectivity index (χ0n) is 16.0. The molecule has 2 aromatic carbocycles. The van der Waals surface area contributed by atoms with Crippen LogP contribution in [-0.4, -0.2) is 16.6 Å². The van der Waals surface area contributed by atoms with E-state index in [-0.39, 0.29) is 42.2 Å². The van der Waals surface area contributed by atoms with E-state index >= 15 is 0 Å². The van der Waals surface area contributed by atoms with Crippen molar-refractivity contribution >= 4 is 24.8 Å². The monoisotopic (exact) mass is 438 g/mol. The Balaban J connectivity index is 0.00000140. The topological polar surface area (TPSA) is 79.6 Å². The number of para-hydroxylation sites is 1. The molecule has 1 aliphatic rings. The van der Waals surface area contributed by atoms with Crippen LogP contribution >= 0.6 is 24.8 Å². The molecule has 2 heterocycles. The molecular formula is C22H25Cl2FN2O2. The fraction of sp³-hybridized carbons (Fsp3) is 0.227. The Hall–Kier alpha value is -2.18. The summed E-state index contributed by atoms with van der Waals surface area (Å²) >= 11 is 0. The number of benzene rings is 2. The van der Waals surface area contributed by atoms with E-state index in [0.717, 1.165) is 35.3 Å². The number of ether oxygens (including phenoxy) is 1. The second-order valence-corrected chi connectivity index (χ2v) is 7.00. The predicted octanol–water partition coefficient (Wildman–Crippen LogP) is 4.47. The molecule has 0 saturated carbocycles. The normalized spacial score (nSPS) is 16.6. The third-order valence-electron chi connectivity index (χ3n) is 5.12. The highest BCUT2D eigenvalue weighted by atomic mass is 35.5. The minimum atomic E-state index is -0.684. The molecule has 156 valence electrons. The van der Waals surface area contributed by atoms with Gasteiger partial charge >= 0.3 is 0 Å². The molecule has 1 aromatic heterocycles. The average molecular weight is 439 g/mol. The highest BCUT2D eigenvalue weighted by Crippen LogP contribution is 2.35. The summed E-state index contributed by atoms with van der Waals surface area (Å²) in [5.41, 5.74) is 9.98. The summed E-state index contributed by atoms with van der Waals surface area (Å²) in [4.78, 5) is 4.36. The molecule has 0 amide bonds. The van der Waals surface area contributed by atoms with E-state index in [0.29, 0.717) is 0 Å². The van der Waals surface area contributed by atoms with Gasteiger partial charge in [0.05, 0.1) is 5.54 Å². The molecule has 2 unspecified atom stereocenters. The average Bonchev–Trinajstić information content (AvgIpc) is 2.68. The van der Waals surface area contributed by atoms with E-state index in [2.05, 4.69) is 11.1 Å². The van der Waals surface area contributed by atoms with Crippen molar-refractivity contribution in [1.29, 1.82) is 0 Å². The second kappa shape index (κ2) is 10.0. The Morgan fingerprint density at radius 3 is 2.45 bits per heavy atom. The van der Waals surface area contributed by atoms with Crippen LogP contribution < -0.4 is 10.5 Å². The number of hydrogen-bond acceptors (Lipinski definition) is 3. The van der Waals surface area contributed by atoms with Crippen LogP contribution in [-0.2, 0) is 12.0 Å². The second-order valence-electron chi connectivity index (χ2n) is 7.00. The van der Waals surface area contributed by atoms with Crippen molar-refractivity contribution in [3.8, 4) is 16.9 Å². The highest BCUT2D eigenvalue weighted by Gasteiger charge is 2.36. The van der Waals surface area contributed by atoms with E-state index in [9.17, 15) is 4.39 Å². The van der Waals surface area contributed by atoms with Crippen molar-refractivity contribution in [3.05, 3.63) is 83.9 Å². The Kier molecular flexibility index (Phi) is 8.60. The van der Waals surface area contributed by atoms with Crippen LogP contribution in [0.4, 0.5) is 4.39 Å². The molecule has 4 rings (SSSR count). The largest absolute Gasteiger partial charge is 0.488 e. The first-order valence-electron chi connectivity index (χ1n) is 8.79. The summed E-state index contributed by atoms with van der Waals surface area (Å²) in [6.45, 7) is 1.98. The standard InChI is InChI=1S/C22H21FN2O.2ClH.H2O/c1-22(24,21-11-8-16-4-2-3-5-20(16)26-21)18-12-17(13-25-14-18)15-6-9-19(23)10-7-15;;;/h2-7,9-10,12-14,21H,8,11,24H2,1H3;2*1H;1H2. The van der Waals surface area contributed by atoms with Gasteiger partial charge in [-0.1, -0.05) is 30.3 Å². The quantitative estimate of drug-likeness (QED) is 0.654. The number of fused-ring (bicyclic) bond motifs is 1. The fourth-order valence-electron chi connectivity index (χ4n) is 3.47. The van der Waals surface area contributed by atoms with Crippen LogP contribution in [0.2, 0.25) is 0 Å². The SMILES string of the molecule is CC(N)(c1cncc(-c2ccc(F)cc2)c1)C1CCc2ccccc2O1.Cl.Cl.O. The lowest BCUT2D eigenvalue weighted by Crippen LogP contribution is -2.49. The summed E-state index contributed by atoms with van der Waals surface area (Å²) in [5, 5.41) is 0. The molecule has 3 aromatic rings. The number of rotatable bonds is 3. The lowest BCUT2D eigenvalue weighted by Gasteiger charge is -2.38. The summed E-state index contributed by atoms with van der Waals surface area (Å²) in [6.07, 6.45) is 5.22. The molecule has 0 saturated heterocycles. The van der Waals surface area contributed by atoms with Gasteiger partial charge in [0.2, 0.25) is 0 Å². The number of nitrogens with zero attached hydrogens (tertiary/aromatic N) is 1. The van der Waals surface area contributed by atoms with Crippen molar-refractivity contribution in [2.24, 2.45) is 5.73 Å². The van der Waals surface area contributed by atoms with Gasteiger partial charge in [0.15, 0.2) is 0 Å². The number of nitrogens with two attached hydrogens (primary N) is 1. The number of aromatic nitrogens is 1. The van der Waals surface area contributed by atoms with E-state index in [1.165, 1.54) is 17.7 Å². The van der Waals surface area contributed by atoms with Gasteiger partial charge in [-0.3, -0.25) is 4.98 Å². The predicted molar refractivity (Wildman–Crippen MR) is 118 cm³/mol. The molecule has 0 fully saturated rings. The molecule has 4 nitrogen and oxygen atoms in total. The van der Waals surface area contributed by atoms with Crippen molar-refractivity contribution in [2.75, 3.05) is 0 Å². The maximum Gasteiger partial charge on any atom is 0.123 e. The van der Waals surface area contributed by atoms with Gasteiger partial charge in [0, 0.05) is 18.0 Å². The fourth-order valence-corrected chi connectivity index (χ4v) is 3.47. The Labute approximate surface area is 182 Å². The molecule has 0 aliphatic carbocycles. The van der Waals surface area contributed by atoms with Crippen molar-refractivity contribution in [2.45, 2.75) is 31.4 Å². The third kappa shape index (κ3) is 5.06. The minimum absolute atomic E-state index is 0. The van der Waals surface area contributed by atoms with Crippen LogP contribution in [0, 0.1) is 5.82 Å². The summed E-state index contributed by atoms with van der Waals surface area (Å²) < 4.78 is 19.4. The van der Waals surface area contributed by atoms with Gasteiger partial charge in [0.25, 0.3) is 0 Å². The Morgan fingerprint density at radius 2 is 1.72 bits per heavy atom. The van der Waals surface area contributed by atoms with Crippen LogP contribution in [0.1, 0.15) is 24.5 Å². The maximum atomic E-state index is 13.2. The van der Waals surface area contributed by atoms with Gasteiger partial charge in [-0.25, -0.2) is 4.39 Å². The van der Waals surface area contributed by atoms with E-state index in [4.69, 9.17) is 10.5 Å². The molecule has 0 bridgehead atoms. The van der Waals surface area contributed by atoms with Crippen LogP contribution in [0.5, 0.6) is 5.75 Å². The summed E-state index contributed by atoms with van der Waals surface area (Å²) in [5.74, 6) is 0.652. The first kappa shape index (κ1) is 24.9. The molecule has 1 aliphatic heterocycles. The van der Waals surface area contributed by atoms with Crippen LogP contribution in [0.3, 0.4) is 0 Å². The Morgan fingerprint density at radius 1 is 1.03 bits per heavy atom. The third-order valence-corrected chi connectivity index (χ3v) is 5.12. The molecule has 7 heteroatoms. The molecule has 2 atom stereocenters. The van der Waals surface area contributed by atoms with E-state index in [1.807, 2.05) is 31.2 Å². The molecular weight excluding hydrogens is 414 g/mol. The number of aryl methyl sites for hydroxylation is 1. The molecule has 0 spiro atoms. The lowest BCUT2D eigenvalue weighted by atomic mass is 9.83. The maximum absolute atomic E-state index is 13.2. The van der Waals surface area contributed by atoms with Crippen molar-refractivity contribution in [1.82, 2.24) is 4.98 Å². The van der Waals surface area contributed by atoms with Crippen LogP contribution in [0.25, 0.3) is 11.1 Å². The van der Waals surface area contributed by atoms with Crippen LogP contribution in [0.15, 0.2) is 67.0 Å². The van der Waals surface area contributed by atoms with Gasteiger partial charge in [0.1, 0.15) is 17.7 Å². The van der Waals surface area contributed by atoms with Gasteiger partial charge < -0.3 is 15.9 Å².